The van der Waals surface area contributed by atoms with Crippen LogP contribution in [0.2, 0.25) is 0 Å². The predicted molar refractivity (Wildman–Crippen MR) is 92.5 cm³/mol. The molecule has 1 aromatic heterocycles. The molecule has 1 aliphatic carbocycles. The molecule has 0 fully saturated rings. The molecular weight excluding hydrogens is 300 g/mol. The zero-order valence-corrected chi connectivity index (χ0v) is 13.8. The lowest BCUT2D eigenvalue weighted by Crippen LogP contribution is -2.03. The van der Waals surface area contributed by atoms with Gasteiger partial charge in [-0.25, -0.2) is 0 Å². The monoisotopic (exact) mass is 318 g/mol. The summed E-state index contributed by atoms with van der Waals surface area (Å²) in [6, 6.07) is 6.30. The summed E-state index contributed by atoms with van der Waals surface area (Å²) < 4.78 is 5.94. The molecule has 0 atom stereocenters. The van der Waals surface area contributed by atoms with Crippen molar-refractivity contribution in [1.82, 2.24) is 0 Å². The maximum atomic E-state index is 12.4. The lowest BCUT2D eigenvalue weighted by Gasteiger charge is -2.07. The van der Waals surface area contributed by atoms with Gasteiger partial charge >= 0.3 is 0 Å². The van der Waals surface area contributed by atoms with Gasteiger partial charge in [0, 0.05) is 23.2 Å². The second-order valence-corrected chi connectivity index (χ2v) is 6.58. The van der Waals surface area contributed by atoms with E-state index in [0.717, 1.165) is 59.4 Å². The van der Waals surface area contributed by atoms with E-state index in [1.165, 1.54) is 0 Å². The summed E-state index contributed by atoms with van der Waals surface area (Å²) in [6.45, 7) is 4.01. The molecule has 0 saturated heterocycles. The number of nitriles is 1. The van der Waals surface area contributed by atoms with Gasteiger partial charge in [-0.05, 0) is 56.4 Å². The number of aryl methyl sites for hydroxylation is 3. The van der Waals surface area contributed by atoms with Crippen molar-refractivity contribution in [3.05, 3.63) is 51.5 Å². The van der Waals surface area contributed by atoms with Crippen molar-refractivity contribution in [2.24, 2.45) is 0 Å². The Morgan fingerprint density at radius 2 is 2.04 bits per heavy atom. The Kier molecular flexibility index (Phi) is 3.31. The second kappa shape index (κ2) is 5.38. The summed E-state index contributed by atoms with van der Waals surface area (Å²) in [4.78, 5) is 12.4. The van der Waals surface area contributed by atoms with Crippen molar-refractivity contribution in [3.8, 4) is 6.07 Å². The van der Waals surface area contributed by atoms with Gasteiger partial charge in [0.2, 0.25) is 0 Å². The normalized spacial score (nSPS) is 17.4. The Morgan fingerprint density at radius 3 is 2.83 bits per heavy atom. The van der Waals surface area contributed by atoms with Gasteiger partial charge in [-0.1, -0.05) is 6.07 Å². The van der Waals surface area contributed by atoms with E-state index in [0.29, 0.717) is 16.9 Å². The number of furan rings is 1. The highest BCUT2D eigenvalue weighted by Gasteiger charge is 2.28. The van der Waals surface area contributed by atoms with Crippen LogP contribution in [0.5, 0.6) is 0 Å². The van der Waals surface area contributed by atoms with Gasteiger partial charge in [0.15, 0.2) is 0 Å². The molecule has 2 heterocycles. The first-order valence-electron chi connectivity index (χ1n) is 8.28. The molecule has 4 rings (SSSR count). The number of nitrogens with zero attached hydrogens (tertiary/aromatic N) is 1. The number of benzene rings is 1. The van der Waals surface area contributed by atoms with Crippen molar-refractivity contribution >= 4 is 23.2 Å². The van der Waals surface area contributed by atoms with Crippen LogP contribution in [-0.2, 0) is 17.6 Å². The summed E-state index contributed by atoms with van der Waals surface area (Å²) in [5, 5.41) is 12.5. The molecule has 1 amide bonds. The van der Waals surface area contributed by atoms with Crippen LogP contribution in [0.25, 0.3) is 11.6 Å². The van der Waals surface area contributed by atoms with Crippen LogP contribution in [0.3, 0.4) is 0 Å². The lowest BCUT2D eigenvalue weighted by molar-refractivity contribution is -0.110. The molecule has 4 nitrogen and oxygen atoms in total. The zero-order valence-electron chi connectivity index (χ0n) is 13.8. The van der Waals surface area contributed by atoms with Gasteiger partial charge in [0.1, 0.15) is 23.2 Å². The van der Waals surface area contributed by atoms with Gasteiger partial charge in [-0.3, -0.25) is 4.79 Å². The number of hydrogen-bond donors (Lipinski definition) is 1. The topological polar surface area (TPSA) is 66.0 Å². The van der Waals surface area contributed by atoms with E-state index in [-0.39, 0.29) is 5.91 Å². The average molecular weight is 318 g/mol. The Bertz CT molecular complexity index is 942. The van der Waals surface area contributed by atoms with Crippen LogP contribution in [0.4, 0.5) is 5.69 Å². The third-order valence-corrected chi connectivity index (χ3v) is 4.83. The van der Waals surface area contributed by atoms with E-state index in [2.05, 4.69) is 17.5 Å². The molecule has 0 bridgehead atoms. The molecule has 2 aromatic rings. The Balaban J connectivity index is 1.88. The van der Waals surface area contributed by atoms with Crippen LogP contribution in [0.15, 0.2) is 16.5 Å². The SMILES string of the molecule is Cc1cc(C)c2c(c1)NC(=O)C2=Cc1oc2c(c1C#N)CCCC2. The van der Waals surface area contributed by atoms with Gasteiger partial charge in [-0.15, -0.1) is 0 Å². The number of fused-ring (bicyclic) bond motifs is 2. The van der Waals surface area contributed by atoms with E-state index in [1.807, 2.05) is 19.9 Å². The van der Waals surface area contributed by atoms with E-state index in [1.54, 1.807) is 6.08 Å². The Hall–Kier alpha value is -2.80. The number of hydrogen-bond acceptors (Lipinski definition) is 3. The Morgan fingerprint density at radius 1 is 1.25 bits per heavy atom. The van der Waals surface area contributed by atoms with Crippen LogP contribution in [-0.4, -0.2) is 5.91 Å². The third kappa shape index (κ3) is 2.16. The predicted octanol–water partition coefficient (Wildman–Crippen LogP) is 4.14. The van der Waals surface area contributed by atoms with Gasteiger partial charge < -0.3 is 9.73 Å². The minimum absolute atomic E-state index is 0.142. The highest BCUT2D eigenvalue weighted by molar-refractivity contribution is 6.35. The summed E-state index contributed by atoms with van der Waals surface area (Å²) in [7, 11) is 0. The van der Waals surface area contributed by atoms with Crippen LogP contribution >= 0.6 is 0 Å². The standard InChI is InChI=1S/C20H18N2O2/c1-11-7-12(2)19-14(20(23)22-16(19)8-11)9-18-15(10-21)13-5-3-4-6-17(13)24-18/h7-9H,3-6H2,1-2H3,(H,22,23). The van der Waals surface area contributed by atoms with Crippen LogP contribution in [0.1, 0.15) is 52.2 Å². The highest BCUT2D eigenvalue weighted by Crippen LogP contribution is 2.38. The summed E-state index contributed by atoms with van der Waals surface area (Å²) >= 11 is 0. The number of amides is 1. The minimum Gasteiger partial charge on any atom is -0.460 e. The molecular formula is C20H18N2O2. The molecule has 24 heavy (non-hydrogen) atoms. The Labute approximate surface area is 140 Å². The first kappa shape index (κ1) is 14.8. The molecule has 120 valence electrons. The second-order valence-electron chi connectivity index (χ2n) is 6.58. The quantitative estimate of drug-likeness (QED) is 0.804. The first-order chi connectivity index (χ1) is 11.6. The zero-order chi connectivity index (χ0) is 16.8. The molecule has 2 aliphatic rings. The number of carbonyl (C=O) groups excluding carboxylic acids is 1. The molecule has 0 spiro atoms. The molecule has 0 radical (unpaired) electrons. The lowest BCUT2D eigenvalue weighted by atomic mass is 9.94. The molecule has 4 heteroatoms. The fourth-order valence-electron chi connectivity index (χ4n) is 3.81. The van der Waals surface area contributed by atoms with Crippen molar-refractivity contribution in [3.63, 3.8) is 0 Å². The minimum atomic E-state index is -0.142. The molecule has 0 unspecified atom stereocenters. The number of anilines is 1. The first-order valence-corrected chi connectivity index (χ1v) is 8.28. The number of nitrogens with one attached hydrogen (secondary N) is 1. The third-order valence-electron chi connectivity index (χ3n) is 4.83. The maximum absolute atomic E-state index is 12.4. The fourth-order valence-corrected chi connectivity index (χ4v) is 3.81. The summed E-state index contributed by atoms with van der Waals surface area (Å²) in [6.07, 6.45) is 5.66. The molecule has 1 N–H and O–H groups in total. The van der Waals surface area contributed by atoms with Crippen molar-refractivity contribution < 1.29 is 9.21 Å². The van der Waals surface area contributed by atoms with Crippen LogP contribution in [0, 0.1) is 25.2 Å². The molecule has 1 aromatic carbocycles. The highest BCUT2D eigenvalue weighted by atomic mass is 16.3. The van der Waals surface area contributed by atoms with Crippen molar-refractivity contribution in [2.45, 2.75) is 39.5 Å². The number of rotatable bonds is 1. The smallest absolute Gasteiger partial charge is 0.256 e. The van der Waals surface area contributed by atoms with Gasteiger partial charge in [-0.2, -0.15) is 5.26 Å². The fraction of sp³-hybridized carbons (Fsp3) is 0.300. The largest absolute Gasteiger partial charge is 0.460 e. The summed E-state index contributed by atoms with van der Waals surface area (Å²) in [5.41, 5.74) is 6.08. The number of carbonyl (C=O) groups is 1. The van der Waals surface area contributed by atoms with Crippen LogP contribution < -0.4 is 5.32 Å². The van der Waals surface area contributed by atoms with E-state index in [4.69, 9.17) is 4.42 Å². The maximum Gasteiger partial charge on any atom is 0.256 e. The van der Waals surface area contributed by atoms with Crippen molar-refractivity contribution in [2.75, 3.05) is 5.32 Å². The van der Waals surface area contributed by atoms with E-state index in [9.17, 15) is 10.1 Å². The average Bonchev–Trinajstić information content (AvgIpc) is 3.04. The van der Waals surface area contributed by atoms with Crippen molar-refractivity contribution in [1.29, 1.82) is 5.26 Å². The van der Waals surface area contributed by atoms with Gasteiger partial charge in [0.05, 0.1) is 5.57 Å². The van der Waals surface area contributed by atoms with E-state index >= 15 is 0 Å². The molecule has 1 aliphatic heterocycles. The molecule has 0 saturated carbocycles. The summed E-state index contributed by atoms with van der Waals surface area (Å²) in [5.74, 6) is 1.28. The van der Waals surface area contributed by atoms with Gasteiger partial charge in [0.25, 0.3) is 5.91 Å². The van der Waals surface area contributed by atoms with E-state index < -0.39 is 0 Å².